The van der Waals surface area contributed by atoms with Gasteiger partial charge in [-0.1, -0.05) is 0 Å². The van der Waals surface area contributed by atoms with E-state index in [0.29, 0.717) is 18.9 Å². The van der Waals surface area contributed by atoms with Gasteiger partial charge in [0.15, 0.2) is 9.84 Å². The number of aliphatic hydroxyl groups excluding tert-OH is 1. The molecule has 0 amide bonds. The van der Waals surface area contributed by atoms with Crippen LogP contribution in [0.3, 0.4) is 0 Å². The molecule has 5 heteroatoms. The minimum atomic E-state index is -2.93. The van der Waals surface area contributed by atoms with Crippen molar-refractivity contribution < 1.29 is 18.3 Å². The summed E-state index contributed by atoms with van der Waals surface area (Å²) in [5.74, 6) is 0.749. The standard InChI is InChI=1S/C9H14O4S/c10-5-8-3-7(8)4-13-9(8)1-2-14(11,12)6-9/h7,10H,1-6H2. The van der Waals surface area contributed by atoms with Gasteiger partial charge in [0.2, 0.25) is 0 Å². The Hall–Kier alpha value is -0.130. The molecule has 2 aliphatic heterocycles. The number of ether oxygens (including phenoxy) is 1. The van der Waals surface area contributed by atoms with Crippen LogP contribution < -0.4 is 0 Å². The van der Waals surface area contributed by atoms with Gasteiger partial charge in [-0.15, -0.1) is 0 Å². The van der Waals surface area contributed by atoms with E-state index in [-0.39, 0.29) is 23.5 Å². The average Bonchev–Trinajstić information content (AvgIpc) is 2.69. The van der Waals surface area contributed by atoms with Crippen LogP contribution in [0, 0.1) is 11.3 Å². The number of sulfone groups is 1. The van der Waals surface area contributed by atoms with Crippen LogP contribution >= 0.6 is 0 Å². The van der Waals surface area contributed by atoms with Crippen molar-refractivity contribution in [2.75, 3.05) is 24.7 Å². The second-order valence-electron chi connectivity index (χ2n) is 4.86. The van der Waals surface area contributed by atoms with Gasteiger partial charge in [-0.3, -0.25) is 0 Å². The van der Waals surface area contributed by atoms with Gasteiger partial charge in [0, 0.05) is 5.41 Å². The van der Waals surface area contributed by atoms with Gasteiger partial charge >= 0.3 is 0 Å². The largest absolute Gasteiger partial charge is 0.396 e. The summed E-state index contributed by atoms with van der Waals surface area (Å²) in [4.78, 5) is 0. The van der Waals surface area contributed by atoms with Gasteiger partial charge in [0.25, 0.3) is 0 Å². The molecule has 3 aliphatic rings. The first-order chi connectivity index (χ1) is 6.54. The molecule has 1 saturated carbocycles. The lowest BCUT2D eigenvalue weighted by atomic mass is 9.84. The Morgan fingerprint density at radius 3 is 2.79 bits per heavy atom. The molecule has 0 aromatic rings. The smallest absolute Gasteiger partial charge is 0.153 e. The third kappa shape index (κ3) is 0.882. The molecule has 1 aliphatic carbocycles. The Kier molecular flexibility index (Phi) is 1.52. The first-order valence-corrected chi connectivity index (χ1v) is 6.81. The SMILES string of the molecule is O=S1(=O)CCC2(C1)OCC1CC12CO. The Morgan fingerprint density at radius 1 is 1.50 bits per heavy atom. The summed E-state index contributed by atoms with van der Waals surface area (Å²) >= 11 is 0. The Labute approximate surface area is 83.2 Å². The molecule has 0 aromatic heterocycles. The fraction of sp³-hybridized carbons (Fsp3) is 1.00. The van der Waals surface area contributed by atoms with Crippen molar-refractivity contribution in [2.45, 2.75) is 18.4 Å². The van der Waals surface area contributed by atoms with E-state index >= 15 is 0 Å². The highest BCUT2D eigenvalue weighted by atomic mass is 32.2. The molecule has 3 atom stereocenters. The van der Waals surface area contributed by atoms with Crippen LogP contribution in [0.4, 0.5) is 0 Å². The minimum absolute atomic E-state index is 0.0766. The predicted molar refractivity (Wildman–Crippen MR) is 49.6 cm³/mol. The van der Waals surface area contributed by atoms with Crippen molar-refractivity contribution in [3.63, 3.8) is 0 Å². The summed E-state index contributed by atoms with van der Waals surface area (Å²) in [6, 6.07) is 0. The molecule has 3 fully saturated rings. The number of aliphatic hydroxyl groups is 1. The molecule has 80 valence electrons. The normalized spacial score (nSPS) is 53.6. The molecule has 1 N–H and O–H groups in total. The molecule has 3 rings (SSSR count). The molecule has 14 heavy (non-hydrogen) atoms. The second kappa shape index (κ2) is 2.33. The zero-order valence-corrected chi connectivity index (χ0v) is 8.72. The van der Waals surface area contributed by atoms with E-state index in [2.05, 4.69) is 0 Å². The monoisotopic (exact) mass is 218 g/mol. The summed E-state index contributed by atoms with van der Waals surface area (Å²) < 4.78 is 28.6. The molecule has 0 aromatic carbocycles. The number of hydrogen-bond acceptors (Lipinski definition) is 4. The quantitative estimate of drug-likeness (QED) is 0.649. The van der Waals surface area contributed by atoms with Gasteiger partial charge < -0.3 is 9.84 Å². The maximum absolute atomic E-state index is 11.5. The summed E-state index contributed by atoms with van der Waals surface area (Å²) in [6.07, 6.45) is 1.52. The van der Waals surface area contributed by atoms with Crippen LogP contribution in [-0.4, -0.2) is 43.8 Å². The fourth-order valence-corrected chi connectivity index (χ4v) is 5.24. The molecule has 1 spiro atoms. The number of fused-ring (bicyclic) bond motifs is 2. The van der Waals surface area contributed by atoms with Crippen molar-refractivity contribution in [3.8, 4) is 0 Å². The van der Waals surface area contributed by atoms with E-state index in [4.69, 9.17) is 4.74 Å². The highest BCUT2D eigenvalue weighted by molar-refractivity contribution is 7.91. The first-order valence-electron chi connectivity index (χ1n) is 4.99. The van der Waals surface area contributed by atoms with E-state index in [0.717, 1.165) is 6.42 Å². The molecule has 2 saturated heterocycles. The molecule has 0 radical (unpaired) electrons. The van der Waals surface area contributed by atoms with Crippen LogP contribution in [0.2, 0.25) is 0 Å². The molecule has 0 bridgehead atoms. The van der Waals surface area contributed by atoms with Crippen LogP contribution in [0.25, 0.3) is 0 Å². The van der Waals surface area contributed by atoms with Crippen molar-refractivity contribution in [2.24, 2.45) is 11.3 Å². The van der Waals surface area contributed by atoms with Gasteiger partial charge in [-0.25, -0.2) is 8.42 Å². The molecular formula is C9H14O4S. The van der Waals surface area contributed by atoms with Crippen LogP contribution in [0.5, 0.6) is 0 Å². The lowest BCUT2D eigenvalue weighted by molar-refractivity contribution is -0.0480. The van der Waals surface area contributed by atoms with Crippen molar-refractivity contribution in [1.29, 1.82) is 0 Å². The average molecular weight is 218 g/mol. The molecular weight excluding hydrogens is 204 g/mol. The molecule has 4 nitrogen and oxygen atoms in total. The molecule has 2 heterocycles. The summed E-state index contributed by atoms with van der Waals surface area (Å²) in [5.41, 5.74) is -0.748. The summed E-state index contributed by atoms with van der Waals surface area (Å²) in [7, 11) is -2.93. The summed E-state index contributed by atoms with van der Waals surface area (Å²) in [6.45, 7) is 0.712. The van der Waals surface area contributed by atoms with E-state index in [1.165, 1.54) is 0 Å². The van der Waals surface area contributed by atoms with Crippen molar-refractivity contribution >= 4 is 9.84 Å². The lowest BCUT2D eigenvalue weighted by Gasteiger charge is -2.31. The Balaban J connectivity index is 1.99. The summed E-state index contributed by atoms with van der Waals surface area (Å²) in [5, 5.41) is 9.39. The third-order valence-electron chi connectivity index (χ3n) is 4.25. The van der Waals surface area contributed by atoms with E-state index in [1.807, 2.05) is 0 Å². The fourth-order valence-electron chi connectivity index (χ4n) is 3.23. The molecule has 3 unspecified atom stereocenters. The number of hydrogen-bond donors (Lipinski definition) is 1. The van der Waals surface area contributed by atoms with Gasteiger partial charge in [-0.05, 0) is 18.8 Å². The Morgan fingerprint density at radius 2 is 2.29 bits per heavy atom. The predicted octanol–water partition coefficient (Wildman–Crippen LogP) is -0.427. The van der Waals surface area contributed by atoms with Crippen LogP contribution in [0.1, 0.15) is 12.8 Å². The van der Waals surface area contributed by atoms with Crippen LogP contribution in [0.15, 0.2) is 0 Å². The number of rotatable bonds is 1. The second-order valence-corrected chi connectivity index (χ2v) is 7.05. The van der Waals surface area contributed by atoms with Crippen molar-refractivity contribution in [3.05, 3.63) is 0 Å². The highest BCUT2D eigenvalue weighted by Gasteiger charge is 2.73. The van der Waals surface area contributed by atoms with E-state index < -0.39 is 15.4 Å². The zero-order valence-electron chi connectivity index (χ0n) is 7.90. The van der Waals surface area contributed by atoms with Gasteiger partial charge in [-0.2, -0.15) is 0 Å². The van der Waals surface area contributed by atoms with Crippen molar-refractivity contribution in [1.82, 2.24) is 0 Å². The topological polar surface area (TPSA) is 63.6 Å². The van der Waals surface area contributed by atoms with E-state index in [9.17, 15) is 13.5 Å². The highest BCUT2D eigenvalue weighted by Crippen LogP contribution is 2.67. The maximum atomic E-state index is 11.5. The zero-order chi connectivity index (χ0) is 10.0. The lowest BCUT2D eigenvalue weighted by Crippen LogP contribution is -2.42. The van der Waals surface area contributed by atoms with E-state index in [1.54, 1.807) is 0 Å². The third-order valence-corrected chi connectivity index (χ3v) is 5.98. The Bertz CT molecular complexity index is 372. The van der Waals surface area contributed by atoms with Gasteiger partial charge in [0.05, 0.1) is 30.3 Å². The maximum Gasteiger partial charge on any atom is 0.153 e. The first kappa shape index (κ1) is 9.12. The van der Waals surface area contributed by atoms with Crippen LogP contribution in [-0.2, 0) is 14.6 Å². The van der Waals surface area contributed by atoms with Gasteiger partial charge in [0.1, 0.15) is 0 Å². The minimum Gasteiger partial charge on any atom is -0.396 e.